The van der Waals surface area contributed by atoms with E-state index in [2.05, 4.69) is 5.32 Å². The molecule has 0 heterocycles. The smallest absolute Gasteiger partial charge is 0.243 e. The van der Waals surface area contributed by atoms with E-state index < -0.39 is 15.9 Å². The molecular weight excluding hydrogens is 412 g/mol. The Morgan fingerprint density at radius 1 is 0.903 bits per heavy atom. The molecule has 6 nitrogen and oxygen atoms in total. The second kappa shape index (κ2) is 9.32. The lowest BCUT2D eigenvalue weighted by atomic mass is 10.1. The van der Waals surface area contributed by atoms with Crippen LogP contribution in [-0.2, 0) is 14.8 Å². The summed E-state index contributed by atoms with van der Waals surface area (Å²) < 4.78 is 32.8. The zero-order valence-corrected chi connectivity index (χ0v) is 18.9. The predicted molar refractivity (Wildman–Crippen MR) is 122 cm³/mol. The van der Waals surface area contributed by atoms with Gasteiger partial charge in [0, 0.05) is 12.7 Å². The first kappa shape index (κ1) is 22.5. The molecule has 3 aromatic carbocycles. The number of anilines is 1. The minimum Gasteiger partial charge on any atom is -0.457 e. The Labute approximate surface area is 183 Å². The molecule has 0 unspecified atom stereocenters. The van der Waals surface area contributed by atoms with Gasteiger partial charge in [0.05, 0.1) is 11.4 Å². The van der Waals surface area contributed by atoms with Crippen molar-refractivity contribution in [2.24, 2.45) is 0 Å². The number of carbonyl (C=O) groups is 1. The summed E-state index contributed by atoms with van der Waals surface area (Å²) >= 11 is 0. The largest absolute Gasteiger partial charge is 0.457 e. The molecule has 0 aliphatic rings. The van der Waals surface area contributed by atoms with E-state index in [0.29, 0.717) is 28.3 Å². The number of sulfonamides is 1. The molecule has 1 N–H and O–H groups in total. The van der Waals surface area contributed by atoms with Gasteiger partial charge in [-0.1, -0.05) is 35.9 Å². The average Bonchev–Trinajstić information content (AvgIpc) is 2.69. The molecule has 0 aliphatic heterocycles. The summed E-state index contributed by atoms with van der Waals surface area (Å²) in [5.41, 5.74) is 2.88. The summed E-state index contributed by atoms with van der Waals surface area (Å²) in [6.07, 6.45) is 0. The second-order valence-corrected chi connectivity index (χ2v) is 9.46. The van der Waals surface area contributed by atoms with Gasteiger partial charge < -0.3 is 10.1 Å². The number of nitrogens with zero attached hydrogens (tertiary/aromatic N) is 1. The van der Waals surface area contributed by atoms with Crippen molar-refractivity contribution >= 4 is 21.6 Å². The minimum absolute atomic E-state index is 0.246. The van der Waals surface area contributed by atoms with Gasteiger partial charge in [-0.25, -0.2) is 8.42 Å². The third-order valence-electron chi connectivity index (χ3n) is 4.76. The Morgan fingerprint density at radius 2 is 1.45 bits per heavy atom. The molecule has 3 aromatic rings. The first-order valence-corrected chi connectivity index (χ1v) is 11.3. The van der Waals surface area contributed by atoms with Crippen LogP contribution in [0.5, 0.6) is 11.5 Å². The molecule has 0 radical (unpaired) electrons. The molecule has 31 heavy (non-hydrogen) atoms. The molecule has 0 bridgehead atoms. The minimum atomic E-state index is -3.79. The van der Waals surface area contributed by atoms with Crippen molar-refractivity contribution in [3.05, 3.63) is 83.4 Å². The van der Waals surface area contributed by atoms with Crippen molar-refractivity contribution in [2.45, 2.75) is 25.7 Å². The fourth-order valence-electron chi connectivity index (χ4n) is 3.45. The lowest BCUT2D eigenvalue weighted by Gasteiger charge is -2.20. The van der Waals surface area contributed by atoms with E-state index >= 15 is 0 Å². The zero-order valence-electron chi connectivity index (χ0n) is 18.0. The molecule has 0 atom stereocenters. The Balaban J connectivity index is 1.65. The standard InChI is InChI=1S/C24H26N2O4S/c1-17-14-18(2)24(19(3)15-17)31(28,29)26(4)16-23(27)25-20-10-12-22(13-11-20)30-21-8-6-5-7-9-21/h5-15H,16H2,1-4H3,(H,25,27). The first-order chi connectivity index (χ1) is 14.7. The summed E-state index contributed by atoms with van der Waals surface area (Å²) in [6, 6.07) is 19.9. The molecule has 0 aliphatic carbocycles. The molecule has 0 spiro atoms. The number of aryl methyl sites for hydroxylation is 3. The molecule has 0 saturated heterocycles. The molecule has 7 heteroatoms. The number of amides is 1. The number of carbonyl (C=O) groups excluding carboxylic acids is 1. The van der Waals surface area contributed by atoms with E-state index in [0.717, 1.165) is 9.87 Å². The Hall–Kier alpha value is -3.16. The molecule has 0 fully saturated rings. The number of ether oxygens (including phenoxy) is 1. The van der Waals surface area contributed by atoms with Crippen molar-refractivity contribution in [3.8, 4) is 11.5 Å². The second-order valence-electron chi connectivity index (χ2n) is 7.48. The quantitative estimate of drug-likeness (QED) is 0.582. The van der Waals surface area contributed by atoms with Gasteiger partial charge in [-0.3, -0.25) is 4.79 Å². The number of nitrogens with one attached hydrogen (secondary N) is 1. The van der Waals surface area contributed by atoms with Crippen LogP contribution in [0.15, 0.2) is 71.6 Å². The van der Waals surface area contributed by atoms with Gasteiger partial charge in [0.15, 0.2) is 0 Å². The highest BCUT2D eigenvalue weighted by molar-refractivity contribution is 7.89. The normalized spacial score (nSPS) is 11.4. The monoisotopic (exact) mass is 438 g/mol. The van der Waals surface area contributed by atoms with Crippen molar-refractivity contribution in [1.82, 2.24) is 4.31 Å². The highest BCUT2D eigenvalue weighted by Crippen LogP contribution is 2.25. The zero-order chi connectivity index (χ0) is 22.6. The van der Waals surface area contributed by atoms with Gasteiger partial charge in [0.2, 0.25) is 15.9 Å². The first-order valence-electron chi connectivity index (χ1n) is 9.84. The van der Waals surface area contributed by atoms with Crippen LogP contribution in [0.4, 0.5) is 5.69 Å². The third kappa shape index (κ3) is 5.51. The summed E-state index contributed by atoms with van der Waals surface area (Å²) in [6.45, 7) is 5.15. The van der Waals surface area contributed by atoms with Crippen LogP contribution in [0.3, 0.4) is 0 Å². The van der Waals surface area contributed by atoms with Gasteiger partial charge in [-0.15, -0.1) is 0 Å². The number of hydrogen-bond acceptors (Lipinski definition) is 4. The Kier molecular flexibility index (Phi) is 6.77. The van der Waals surface area contributed by atoms with Crippen molar-refractivity contribution in [3.63, 3.8) is 0 Å². The maximum absolute atomic E-state index is 13.0. The topological polar surface area (TPSA) is 75.7 Å². The molecular formula is C24H26N2O4S. The van der Waals surface area contributed by atoms with E-state index in [1.54, 1.807) is 38.1 Å². The Bertz CT molecular complexity index is 1150. The number of hydrogen-bond donors (Lipinski definition) is 1. The van der Waals surface area contributed by atoms with E-state index in [1.165, 1.54) is 7.05 Å². The van der Waals surface area contributed by atoms with Crippen LogP contribution in [0, 0.1) is 20.8 Å². The van der Waals surface area contributed by atoms with Crippen molar-refractivity contribution in [2.75, 3.05) is 18.9 Å². The lowest BCUT2D eigenvalue weighted by Crippen LogP contribution is -2.35. The number of para-hydroxylation sites is 1. The Morgan fingerprint density at radius 3 is 2.03 bits per heavy atom. The van der Waals surface area contributed by atoms with E-state index in [4.69, 9.17) is 4.74 Å². The van der Waals surface area contributed by atoms with Crippen LogP contribution in [-0.4, -0.2) is 32.2 Å². The summed E-state index contributed by atoms with van der Waals surface area (Å²) in [5.74, 6) is 0.923. The SMILES string of the molecule is Cc1cc(C)c(S(=O)(=O)N(C)CC(=O)Nc2ccc(Oc3ccccc3)cc2)c(C)c1. The number of rotatable bonds is 7. The van der Waals surface area contributed by atoms with Crippen molar-refractivity contribution in [1.29, 1.82) is 0 Å². The van der Waals surface area contributed by atoms with Gasteiger partial charge in [-0.05, 0) is 68.3 Å². The highest BCUT2D eigenvalue weighted by atomic mass is 32.2. The van der Waals surface area contributed by atoms with Crippen LogP contribution >= 0.6 is 0 Å². The van der Waals surface area contributed by atoms with E-state index in [1.807, 2.05) is 49.4 Å². The molecule has 0 saturated carbocycles. The average molecular weight is 439 g/mol. The van der Waals surface area contributed by atoms with Crippen LogP contribution in [0.25, 0.3) is 0 Å². The molecule has 3 rings (SSSR count). The van der Waals surface area contributed by atoms with Crippen LogP contribution in [0.2, 0.25) is 0 Å². The summed E-state index contributed by atoms with van der Waals surface area (Å²) in [7, 11) is -2.39. The predicted octanol–water partition coefficient (Wildman–Crippen LogP) is 4.66. The number of benzene rings is 3. The highest BCUT2D eigenvalue weighted by Gasteiger charge is 2.26. The van der Waals surface area contributed by atoms with Gasteiger partial charge in [0.25, 0.3) is 0 Å². The summed E-state index contributed by atoms with van der Waals surface area (Å²) in [5, 5.41) is 2.73. The third-order valence-corrected chi connectivity index (χ3v) is 6.87. The van der Waals surface area contributed by atoms with E-state index in [-0.39, 0.29) is 11.4 Å². The lowest BCUT2D eigenvalue weighted by molar-refractivity contribution is -0.116. The van der Waals surface area contributed by atoms with Gasteiger partial charge in [-0.2, -0.15) is 4.31 Å². The molecule has 162 valence electrons. The van der Waals surface area contributed by atoms with E-state index in [9.17, 15) is 13.2 Å². The molecule has 1 amide bonds. The maximum Gasteiger partial charge on any atom is 0.243 e. The molecule has 0 aromatic heterocycles. The van der Waals surface area contributed by atoms with Crippen LogP contribution in [0.1, 0.15) is 16.7 Å². The fourth-order valence-corrected chi connectivity index (χ4v) is 4.98. The van der Waals surface area contributed by atoms with Crippen LogP contribution < -0.4 is 10.1 Å². The van der Waals surface area contributed by atoms with Gasteiger partial charge in [0.1, 0.15) is 11.5 Å². The van der Waals surface area contributed by atoms with Crippen molar-refractivity contribution < 1.29 is 17.9 Å². The maximum atomic E-state index is 13.0. The van der Waals surface area contributed by atoms with Gasteiger partial charge >= 0.3 is 0 Å². The number of likely N-dealkylation sites (N-methyl/N-ethyl adjacent to an activating group) is 1. The summed E-state index contributed by atoms with van der Waals surface area (Å²) in [4.78, 5) is 12.7. The fraction of sp³-hybridized carbons (Fsp3) is 0.208.